The molecule has 0 aliphatic heterocycles. The first-order valence-corrected chi connectivity index (χ1v) is 4.31. The molecule has 6 heteroatoms. The number of carboxylic acid groups (broad SMARTS) is 1. The van der Waals surface area contributed by atoms with E-state index in [1.165, 1.54) is 7.11 Å². The Labute approximate surface area is 83.3 Å². The van der Waals surface area contributed by atoms with Gasteiger partial charge in [-0.2, -0.15) is 0 Å². The summed E-state index contributed by atoms with van der Waals surface area (Å²) in [6.45, 7) is 0.775. The SMILES string of the molecule is COCC(O)CN(C)CC(N)C(=O)O. The number of nitrogens with two attached hydrogens (primary N) is 1. The molecule has 84 valence electrons. The highest BCUT2D eigenvalue weighted by Crippen LogP contribution is 1.92. The Hall–Kier alpha value is -0.690. The number of ether oxygens (including phenoxy) is 1. The molecule has 0 aromatic carbocycles. The van der Waals surface area contributed by atoms with Crippen molar-refractivity contribution in [3.63, 3.8) is 0 Å². The first kappa shape index (κ1) is 13.3. The zero-order chi connectivity index (χ0) is 11.1. The lowest BCUT2D eigenvalue weighted by Gasteiger charge is -2.21. The minimum atomic E-state index is -1.04. The van der Waals surface area contributed by atoms with Crippen LogP contribution in [0.2, 0.25) is 0 Å². The fourth-order valence-electron chi connectivity index (χ4n) is 1.09. The normalized spacial score (nSPS) is 15.5. The first-order valence-electron chi connectivity index (χ1n) is 4.31. The molecule has 6 nitrogen and oxygen atoms in total. The second-order valence-corrected chi connectivity index (χ2v) is 3.28. The molecule has 0 aliphatic carbocycles. The maximum absolute atomic E-state index is 10.4. The van der Waals surface area contributed by atoms with Crippen molar-refractivity contribution in [2.45, 2.75) is 12.1 Å². The monoisotopic (exact) mass is 206 g/mol. The average Bonchev–Trinajstić information content (AvgIpc) is 2.03. The van der Waals surface area contributed by atoms with Gasteiger partial charge in [-0.05, 0) is 7.05 Å². The van der Waals surface area contributed by atoms with Crippen LogP contribution in [0.4, 0.5) is 0 Å². The molecule has 0 saturated carbocycles. The van der Waals surface area contributed by atoms with Gasteiger partial charge in [0.15, 0.2) is 0 Å². The number of likely N-dealkylation sites (N-methyl/N-ethyl adjacent to an activating group) is 1. The van der Waals surface area contributed by atoms with Gasteiger partial charge in [-0.1, -0.05) is 0 Å². The van der Waals surface area contributed by atoms with Gasteiger partial charge in [-0.3, -0.25) is 4.79 Å². The number of aliphatic carboxylic acids is 1. The van der Waals surface area contributed by atoms with Gasteiger partial charge in [0.2, 0.25) is 0 Å². The molecule has 2 atom stereocenters. The standard InChI is InChI=1S/C8H18N2O4/c1-10(3-6(11)5-14-2)4-7(9)8(12)13/h6-7,11H,3-5,9H2,1-2H3,(H,12,13). The summed E-state index contributed by atoms with van der Waals surface area (Å²) in [5, 5.41) is 17.8. The average molecular weight is 206 g/mol. The summed E-state index contributed by atoms with van der Waals surface area (Å²) in [4.78, 5) is 12.1. The van der Waals surface area contributed by atoms with Gasteiger partial charge in [0.25, 0.3) is 0 Å². The van der Waals surface area contributed by atoms with E-state index in [1.807, 2.05) is 0 Å². The Bertz CT molecular complexity index is 177. The summed E-state index contributed by atoms with van der Waals surface area (Å²) in [7, 11) is 3.19. The number of hydrogen-bond donors (Lipinski definition) is 3. The fraction of sp³-hybridized carbons (Fsp3) is 0.875. The molecule has 2 unspecified atom stereocenters. The predicted molar refractivity (Wildman–Crippen MR) is 51.0 cm³/mol. The van der Waals surface area contributed by atoms with Crippen LogP contribution in [-0.4, -0.2) is 67.1 Å². The van der Waals surface area contributed by atoms with Gasteiger partial charge >= 0.3 is 5.97 Å². The second-order valence-electron chi connectivity index (χ2n) is 3.28. The quantitative estimate of drug-likeness (QED) is 0.461. The molecule has 0 radical (unpaired) electrons. The Kier molecular flexibility index (Phi) is 6.39. The lowest BCUT2D eigenvalue weighted by atomic mass is 10.2. The van der Waals surface area contributed by atoms with E-state index in [-0.39, 0.29) is 13.2 Å². The molecule has 14 heavy (non-hydrogen) atoms. The summed E-state index contributed by atoms with van der Waals surface area (Å²) in [6, 6.07) is -0.922. The van der Waals surface area contributed by atoms with Crippen LogP contribution in [0.5, 0.6) is 0 Å². The summed E-state index contributed by atoms with van der Waals surface area (Å²) in [5.41, 5.74) is 5.31. The number of carbonyl (C=O) groups is 1. The molecule has 0 aromatic rings. The van der Waals surface area contributed by atoms with Crippen LogP contribution >= 0.6 is 0 Å². The molecule has 0 rings (SSSR count). The Morgan fingerprint density at radius 3 is 2.57 bits per heavy atom. The van der Waals surface area contributed by atoms with Gasteiger partial charge in [0, 0.05) is 20.2 Å². The molecule has 0 heterocycles. The molecule has 0 aromatic heterocycles. The number of aliphatic hydroxyl groups is 1. The minimum Gasteiger partial charge on any atom is -0.480 e. The van der Waals surface area contributed by atoms with Crippen LogP contribution in [0.1, 0.15) is 0 Å². The van der Waals surface area contributed by atoms with E-state index in [0.717, 1.165) is 0 Å². The predicted octanol–water partition coefficient (Wildman–Crippen LogP) is -1.66. The molecule has 0 saturated heterocycles. The van der Waals surface area contributed by atoms with Gasteiger partial charge < -0.3 is 25.6 Å². The summed E-state index contributed by atoms with van der Waals surface area (Å²) >= 11 is 0. The zero-order valence-electron chi connectivity index (χ0n) is 8.51. The molecular weight excluding hydrogens is 188 g/mol. The van der Waals surface area contributed by atoms with E-state index in [1.54, 1.807) is 11.9 Å². The van der Waals surface area contributed by atoms with Crippen molar-refractivity contribution in [3.05, 3.63) is 0 Å². The maximum atomic E-state index is 10.4. The Morgan fingerprint density at radius 1 is 1.57 bits per heavy atom. The third kappa shape index (κ3) is 5.87. The second kappa shape index (κ2) is 6.72. The van der Waals surface area contributed by atoms with Gasteiger partial charge in [-0.25, -0.2) is 0 Å². The van der Waals surface area contributed by atoms with Crippen molar-refractivity contribution in [1.82, 2.24) is 4.90 Å². The van der Waals surface area contributed by atoms with Crippen LogP contribution in [0.15, 0.2) is 0 Å². The van der Waals surface area contributed by atoms with E-state index in [9.17, 15) is 9.90 Å². The van der Waals surface area contributed by atoms with Crippen LogP contribution in [0, 0.1) is 0 Å². The summed E-state index contributed by atoms with van der Waals surface area (Å²) in [5.74, 6) is -1.04. The number of aliphatic hydroxyl groups excluding tert-OH is 1. The maximum Gasteiger partial charge on any atom is 0.321 e. The van der Waals surface area contributed by atoms with E-state index < -0.39 is 18.1 Å². The molecule has 0 aliphatic rings. The highest BCUT2D eigenvalue weighted by Gasteiger charge is 2.15. The summed E-state index contributed by atoms with van der Waals surface area (Å²) in [6.07, 6.45) is -0.619. The van der Waals surface area contributed by atoms with Crippen molar-refractivity contribution < 1.29 is 19.7 Å². The van der Waals surface area contributed by atoms with Crippen molar-refractivity contribution in [1.29, 1.82) is 0 Å². The van der Waals surface area contributed by atoms with Crippen molar-refractivity contribution in [2.24, 2.45) is 5.73 Å². The van der Waals surface area contributed by atoms with Crippen molar-refractivity contribution in [3.8, 4) is 0 Å². The number of rotatable bonds is 7. The van der Waals surface area contributed by atoms with Crippen molar-refractivity contribution >= 4 is 5.97 Å². The first-order chi connectivity index (χ1) is 6.47. The van der Waals surface area contributed by atoms with Crippen LogP contribution < -0.4 is 5.73 Å². The smallest absolute Gasteiger partial charge is 0.321 e. The zero-order valence-corrected chi connectivity index (χ0v) is 8.51. The summed E-state index contributed by atoms with van der Waals surface area (Å²) < 4.78 is 4.73. The molecule has 0 fully saturated rings. The fourth-order valence-corrected chi connectivity index (χ4v) is 1.09. The minimum absolute atomic E-state index is 0.204. The molecule has 0 spiro atoms. The highest BCUT2D eigenvalue weighted by molar-refractivity contribution is 5.73. The molecule has 4 N–H and O–H groups in total. The van der Waals surface area contributed by atoms with Gasteiger partial charge in [-0.15, -0.1) is 0 Å². The third-order valence-electron chi connectivity index (χ3n) is 1.71. The van der Waals surface area contributed by atoms with Crippen LogP contribution in [0.3, 0.4) is 0 Å². The third-order valence-corrected chi connectivity index (χ3v) is 1.71. The Morgan fingerprint density at radius 2 is 2.14 bits per heavy atom. The van der Waals surface area contributed by atoms with Gasteiger partial charge in [0.1, 0.15) is 6.04 Å². The highest BCUT2D eigenvalue weighted by atomic mass is 16.5. The van der Waals surface area contributed by atoms with Crippen LogP contribution in [-0.2, 0) is 9.53 Å². The number of nitrogens with zero attached hydrogens (tertiary/aromatic N) is 1. The van der Waals surface area contributed by atoms with E-state index in [2.05, 4.69) is 0 Å². The van der Waals surface area contributed by atoms with Gasteiger partial charge in [0.05, 0.1) is 12.7 Å². The van der Waals surface area contributed by atoms with Crippen LogP contribution in [0.25, 0.3) is 0 Å². The number of carboxylic acids is 1. The van der Waals surface area contributed by atoms with E-state index in [4.69, 9.17) is 15.6 Å². The van der Waals surface area contributed by atoms with E-state index >= 15 is 0 Å². The largest absolute Gasteiger partial charge is 0.480 e. The molecule has 0 bridgehead atoms. The lowest BCUT2D eigenvalue weighted by Crippen LogP contribution is -2.44. The van der Waals surface area contributed by atoms with Crippen molar-refractivity contribution in [2.75, 3.05) is 33.9 Å². The lowest BCUT2D eigenvalue weighted by molar-refractivity contribution is -0.139. The number of methoxy groups -OCH3 is 1. The topological polar surface area (TPSA) is 96.0 Å². The molecule has 0 amide bonds. The molecular formula is C8H18N2O4. The van der Waals surface area contributed by atoms with E-state index in [0.29, 0.717) is 6.54 Å². The Balaban J connectivity index is 3.74. The number of hydrogen-bond acceptors (Lipinski definition) is 5.